The number of methoxy groups -OCH3 is 1. The lowest BCUT2D eigenvalue weighted by atomic mass is 10.1. The zero-order chi connectivity index (χ0) is 23.4. The third kappa shape index (κ3) is 4.93. The number of nitrogens with one attached hydrogen (secondary N) is 1. The normalized spacial score (nSPS) is 15.3. The molecule has 1 aliphatic heterocycles. The molecule has 1 amide bonds. The first-order valence-electron chi connectivity index (χ1n) is 10.3. The summed E-state index contributed by atoms with van der Waals surface area (Å²) in [6.45, 7) is 0.130. The van der Waals surface area contributed by atoms with E-state index in [1.807, 2.05) is 0 Å². The molecule has 1 N–H and O–H groups in total. The molecule has 0 radical (unpaired) electrons. The Labute approximate surface area is 191 Å². The van der Waals surface area contributed by atoms with Gasteiger partial charge in [-0.15, -0.1) is 0 Å². The number of ether oxygens (including phenoxy) is 2. The van der Waals surface area contributed by atoms with Crippen molar-refractivity contribution in [2.75, 3.05) is 24.5 Å². The van der Waals surface area contributed by atoms with Gasteiger partial charge in [-0.25, -0.2) is 12.8 Å². The molecular weight excluding hydrogens is 447 g/mol. The van der Waals surface area contributed by atoms with Crippen LogP contribution in [-0.4, -0.2) is 40.6 Å². The first kappa shape index (κ1) is 22.6. The predicted molar refractivity (Wildman–Crippen MR) is 121 cm³/mol. The summed E-state index contributed by atoms with van der Waals surface area (Å²) in [7, 11) is -2.45. The van der Waals surface area contributed by atoms with Crippen LogP contribution in [0.5, 0.6) is 11.5 Å². The minimum absolute atomic E-state index is 0.0791. The molecule has 0 fully saturated rings. The van der Waals surface area contributed by atoms with E-state index in [0.717, 1.165) is 5.56 Å². The Bertz CT molecular complexity index is 1230. The molecule has 0 unspecified atom stereocenters. The number of amides is 1. The van der Waals surface area contributed by atoms with Gasteiger partial charge in [0.1, 0.15) is 17.3 Å². The molecule has 0 aromatic heterocycles. The van der Waals surface area contributed by atoms with Gasteiger partial charge in [0.15, 0.2) is 6.10 Å². The number of para-hydroxylation sites is 2. The average molecular weight is 471 g/mol. The fourth-order valence-electron chi connectivity index (χ4n) is 3.54. The molecule has 0 saturated heterocycles. The first-order valence-corrected chi connectivity index (χ1v) is 11.8. The van der Waals surface area contributed by atoms with Crippen molar-refractivity contribution in [3.05, 3.63) is 84.2 Å². The summed E-state index contributed by atoms with van der Waals surface area (Å²) < 4.78 is 52.0. The zero-order valence-electron chi connectivity index (χ0n) is 17.9. The molecule has 1 aliphatic rings. The molecule has 3 aromatic carbocycles. The molecule has 9 heteroatoms. The van der Waals surface area contributed by atoms with Crippen molar-refractivity contribution in [1.29, 1.82) is 0 Å². The Balaban J connectivity index is 1.52. The van der Waals surface area contributed by atoms with Crippen molar-refractivity contribution < 1.29 is 27.1 Å². The van der Waals surface area contributed by atoms with E-state index >= 15 is 0 Å². The first-order chi connectivity index (χ1) is 15.9. The van der Waals surface area contributed by atoms with Gasteiger partial charge < -0.3 is 14.8 Å². The standard InChI is InChI=1S/C24H23FN2O5S/c1-31-19-10-12-20(13-11-19)33(29,30)27-16-23(32-22-5-3-2-4-21(22)27)24(28)26-15-14-17-6-8-18(25)9-7-17/h2-13,23H,14-16H2,1H3,(H,26,28)/t23-/m1/s1. The molecular formula is C24H23FN2O5S. The minimum Gasteiger partial charge on any atom is -0.497 e. The van der Waals surface area contributed by atoms with Crippen molar-refractivity contribution in [1.82, 2.24) is 5.32 Å². The number of halogens is 1. The SMILES string of the molecule is COc1ccc(S(=O)(=O)N2C[C@H](C(=O)NCCc3ccc(F)cc3)Oc3ccccc32)cc1. The van der Waals surface area contributed by atoms with Crippen molar-refractivity contribution in [2.24, 2.45) is 0 Å². The Morgan fingerprint density at radius 3 is 2.48 bits per heavy atom. The Morgan fingerprint density at radius 1 is 1.09 bits per heavy atom. The van der Waals surface area contributed by atoms with Crippen molar-refractivity contribution in [3.8, 4) is 11.5 Å². The topological polar surface area (TPSA) is 84.9 Å². The van der Waals surface area contributed by atoms with Gasteiger partial charge in [-0.2, -0.15) is 0 Å². The van der Waals surface area contributed by atoms with E-state index in [-0.39, 0.29) is 17.3 Å². The van der Waals surface area contributed by atoms with Crippen molar-refractivity contribution in [2.45, 2.75) is 17.4 Å². The number of rotatable bonds is 7. The van der Waals surface area contributed by atoms with Crippen molar-refractivity contribution >= 4 is 21.6 Å². The van der Waals surface area contributed by atoms with E-state index in [1.54, 1.807) is 48.5 Å². The van der Waals surface area contributed by atoms with Crippen LogP contribution in [0.1, 0.15) is 5.56 Å². The van der Waals surface area contributed by atoms with Crippen LogP contribution in [-0.2, 0) is 21.2 Å². The predicted octanol–water partition coefficient (Wildman–Crippen LogP) is 3.15. The summed E-state index contributed by atoms with van der Waals surface area (Å²) in [5.74, 6) is 0.0889. The monoisotopic (exact) mass is 470 g/mol. The molecule has 172 valence electrons. The van der Waals surface area contributed by atoms with E-state index in [4.69, 9.17) is 9.47 Å². The number of fused-ring (bicyclic) bond motifs is 1. The largest absolute Gasteiger partial charge is 0.497 e. The number of hydrogen-bond acceptors (Lipinski definition) is 5. The lowest BCUT2D eigenvalue weighted by molar-refractivity contribution is -0.127. The van der Waals surface area contributed by atoms with E-state index in [2.05, 4.69) is 5.32 Å². The van der Waals surface area contributed by atoms with E-state index in [0.29, 0.717) is 30.2 Å². The number of carbonyl (C=O) groups is 1. The third-order valence-electron chi connectivity index (χ3n) is 5.30. The molecule has 1 atom stereocenters. The van der Waals surface area contributed by atoms with Crippen molar-refractivity contribution in [3.63, 3.8) is 0 Å². The number of benzene rings is 3. The van der Waals surface area contributed by atoms with Gasteiger partial charge in [0.25, 0.3) is 15.9 Å². The van der Waals surface area contributed by atoms with Crippen LogP contribution in [0, 0.1) is 5.82 Å². The highest BCUT2D eigenvalue weighted by Crippen LogP contribution is 2.37. The number of anilines is 1. The van der Waals surface area contributed by atoms with Crippen LogP contribution in [0.15, 0.2) is 77.7 Å². The summed E-state index contributed by atoms with van der Waals surface area (Å²) >= 11 is 0. The van der Waals surface area contributed by atoms with Gasteiger partial charge in [-0.05, 0) is 60.5 Å². The Kier molecular flexibility index (Phi) is 6.50. The molecule has 1 heterocycles. The number of hydrogen-bond donors (Lipinski definition) is 1. The van der Waals surface area contributed by atoms with Gasteiger partial charge in [0.05, 0.1) is 24.2 Å². The molecule has 4 rings (SSSR count). The van der Waals surface area contributed by atoms with E-state index in [9.17, 15) is 17.6 Å². The summed E-state index contributed by atoms with van der Waals surface area (Å²) in [5, 5.41) is 2.78. The zero-order valence-corrected chi connectivity index (χ0v) is 18.7. The summed E-state index contributed by atoms with van der Waals surface area (Å²) in [4.78, 5) is 12.9. The molecule has 0 spiro atoms. The maximum absolute atomic E-state index is 13.4. The molecule has 7 nitrogen and oxygen atoms in total. The lowest BCUT2D eigenvalue weighted by Crippen LogP contribution is -2.51. The molecule has 0 saturated carbocycles. The second-order valence-electron chi connectivity index (χ2n) is 7.45. The molecule has 33 heavy (non-hydrogen) atoms. The van der Waals surface area contributed by atoms with Crippen LogP contribution in [0.2, 0.25) is 0 Å². The van der Waals surface area contributed by atoms with Crippen LogP contribution >= 0.6 is 0 Å². The van der Waals surface area contributed by atoms with Gasteiger partial charge >= 0.3 is 0 Å². The van der Waals surface area contributed by atoms with E-state index in [1.165, 1.54) is 35.7 Å². The highest BCUT2D eigenvalue weighted by molar-refractivity contribution is 7.92. The molecule has 0 bridgehead atoms. The Hall–Kier alpha value is -3.59. The highest BCUT2D eigenvalue weighted by Gasteiger charge is 2.37. The minimum atomic E-state index is -3.95. The fourth-order valence-corrected chi connectivity index (χ4v) is 5.01. The van der Waals surface area contributed by atoms with Crippen LogP contribution in [0.25, 0.3) is 0 Å². The summed E-state index contributed by atoms with van der Waals surface area (Å²) in [6, 6.07) is 18.8. The van der Waals surface area contributed by atoms with Crippen LogP contribution in [0.4, 0.5) is 10.1 Å². The lowest BCUT2D eigenvalue weighted by Gasteiger charge is -2.34. The number of sulfonamides is 1. The van der Waals surface area contributed by atoms with E-state index < -0.39 is 22.0 Å². The van der Waals surface area contributed by atoms with Crippen LogP contribution in [0.3, 0.4) is 0 Å². The van der Waals surface area contributed by atoms with Gasteiger partial charge in [-0.3, -0.25) is 9.10 Å². The average Bonchev–Trinajstić information content (AvgIpc) is 2.84. The van der Waals surface area contributed by atoms with Crippen LogP contribution < -0.4 is 19.1 Å². The molecule has 0 aliphatic carbocycles. The maximum atomic E-state index is 13.4. The fraction of sp³-hybridized carbons (Fsp3) is 0.208. The second kappa shape index (κ2) is 9.50. The second-order valence-corrected chi connectivity index (χ2v) is 9.32. The highest BCUT2D eigenvalue weighted by atomic mass is 32.2. The maximum Gasteiger partial charge on any atom is 0.264 e. The Morgan fingerprint density at radius 2 is 1.79 bits per heavy atom. The van der Waals surface area contributed by atoms with Gasteiger partial charge in [0, 0.05) is 6.54 Å². The number of nitrogens with zero attached hydrogens (tertiary/aromatic N) is 1. The smallest absolute Gasteiger partial charge is 0.264 e. The quantitative estimate of drug-likeness (QED) is 0.574. The third-order valence-corrected chi connectivity index (χ3v) is 7.09. The summed E-state index contributed by atoms with van der Waals surface area (Å²) in [6.07, 6.45) is -0.524. The summed E-state index contributed by atoms with van der Waals surface area (Å²) in [5.41, 5.74) is 1.24. The van der Waals surface area contributed by atoms with Gasteiger partial charge in [0.2, 0.25) is 0 Å². The number of carbonyl (C=O) groups excluding carboxylic acids is 1. The van der Waals surface area contributed by atoms with Gasteiger partial charge in [-0.1, -0.05) is 24.3 Å². The molecule has 3 aromatic rings.